The van der Waals surface area contributed by atoms with E-state index < -0.39 is 6.04 Å². The Morgan fingerprint density at radius 1 is 1.19 bits per heavy atom. The van der Waals surface area contributed by atoms with Crippen LogP contribution >= 0.6 is 0 Å². The lowest BCUT2D eigenvalue weighted by molar-refractivity contribution is -0.143. The van der Waals surface area contributed by atoms with E-state index in [1.54, 1.807) is 30.1 Å². The van der Waals surface area contributed by atoms with E-state index in [1.165, 1.54) is 11.8 Å². The number of carbonyl (C=O) groups excluding carboxylic acids is 3. The predicted octanol–water partition coefficient (Wildman–Crippen LogP) is 2.03. The van der Waals surface area contributed by atoms with Gasteiger partial charge >= 0.3 is 0 Å². The minimum atomic E-state index is -0.391. The molecule has 2 aliphatic heterocycles. The Labute approximate surface area is 154 Å². The van der Waals surface area contributed by atoms with Crippen LogP contribution < -0.4 is 0 Å². The first-order valence-electron chi connectivity index (χ1n) is 8.97. The maximum absolute atomic E-state index is 13.0. The van der Waals surface area contributed by atoms with Crippen molar-refractivity contribution in [2.45, 2.75) is 38.3 Å². The number of likely N-dealkylation sites (N-methyl/N-ethyl adjacent to an activating group) is 1. The maximum Gasteiger partial charge on any atom is 0.244 e. The first-order valence-corrected chi connectivity index (χ1v) is 8.97. The van der Waals surface area contributed by atoms with Gasteiger partial charge < -0.3 is 14.7 Å². The summed E-state index contributed by atoms with van der Waals surface area (Å²) in [5.74, 6) is -0.219. The third-order valence-corrected chi connectivity index (χ3v) is 5.14. The number of carbonyl (C=O) groups is 3. The van der Waals surface area contributed by atoms with E-state index in [0.717, 1.165) is 17.5 Å². The van der Waals surface area contributed by atoms with Crippen LogP contribution in [0, 0.1) is 0 Å². The molecule has 0 aliphatic carbocycles. The summed E-state index contributed by atoms with van der Waals surface area (Å²) < 4.78 is 0. The molecule has 0 spiro atoms. The first kappa shape index (κ1) is 18.2. The number of benzene rings is 1. The van der Waals surface area contributed by atoms with Crippen molar-refractivity contribution in [3.63, 3.8) is 0 Å². The average molecular weight is 355 g/mol. The summed E-state index contributed by atoms with van der Waals surface area (Å²) in [7, 11) is 3.42. The SMILES string of the molecule is CC(=O)N1C=Cc2ccccc2C1CC(=O)N1CCCC1C(=O)N(C)C. The Kier molecular flexibility index (Phi) is 5.11. The summed E-state index contributed by atoms with van der Waals surface area (Å²) in [6, 6.07) is 7.07. The smallest absolute Gasteiger partial charge is 0.244 e. The van der Waals surface area contributed by atoms with Crippen LogP contribution in [0.5, 0.6) is 0 Å². The quantitative estimate of drug-likeness (QED) is 0.833. The predicted molar refractivity (Wildman–Crippen MR) is 98.8 cm³/mol. The van der Waals surface area contributed by atoms with E-state index in [9.17, 15) is 14.4 Å². The van der Waals surface area contributed by atoms with Crippen LogP contribution in [0.15, 0.2) is 30.5 Å². The highest BCUT2D eigenvalue weighted by Crippen LogP contribution is 2.34. The number of amides is 3. The lowest BCUT2D eigenvalue weighted by Crippen LogP contribution is -2.46. The minimum absolute atomic E-state index is 0.0387. The molecule has 0 bridgehead atoms. The molecule has 138 valence electrons. The summed E-state index contributed by atoms with van der Waals surface area (Å²) in [4.78, 5) is 42.3. The lowest BCUT2D eigenvalue weighted by Gasteiger charge is -2.34. The zero-order chi connectivity index (χ0) is 18.8. The molecule has 6 heteroatoms. The molecule has 2 aliphatic rings. The molecule has 1 aromatic carbocycles. The molecule has 2 heterocycles. The van der Waals surface area contributed by atoms with Gasteiger partial charge in [0, 0.05) is 33.8 Å². The molecule has 1 saturated heterocycles. The third-order valence-electron chi connectivity index (χ3n) is 5.14. The molecular formula is C20H25N3O3. The zero-order valence-electron chi connectivity index (χ0n) is 15.5. The van der Waals surface area contributed by atoms with Gasteiger partial charge in [-0.25, -0.2) is 0 Å². The van der Waals surface area contributed by atoms with Gasteiger partial charge in [-0.1, -0.05) is 24.3 Å². The summed E-state index contributed by atoms with van der Waals surface area (Å²) in [6.07, 6.45) is 5.34. The van der Waals surface area contributed by atoms with Crippen LogP contribution in [0.25, 0.3) is 6.08 Å². The Morgan fingerprint density at radius 2 is 1.92 bits per heavy atom. The molecule has 2 unspecified atom stereocenters. The lowest BCUT2D eigenvalue weighted by atomic mass is 9.93. The fraction of sp³-hybridized carbons (Fsp3) is 0.450. The molecule has 6 nitrogen and oxygen atoms in total. The number of hydrogen-bond donors (Lipinski definition) is 0. The van der Waals surface area contributed by atoms with Crippen LogP contribution in [0.1, 0.15) is 43.4 Å². The zero-order valence-corrected chi connectivity index (χ0v) is 15.5. The van der Waals surface area contributed by atoms with Gasteiger partial charge in [-0.15, -0.1) is 0 Å². The van der Waals surface area contributed by atoms with Crippen molar-refractivity contribution in [2.24, 2.45) is 0 Å². The standard InChI is InChI=1S/C20H25N3O3/c1-14(24)22-12-10-15-7-4-5-8-16(15)18(22)13-19(25)23-11-6-9-17(23)20(26)21(2)3/h4-5,7-8,10,12,17-18H,6,9,11,13H2,1-3H3. The summed E-state index contributed by atoms with van der Waals surface area (Å²) in [5.41, 5.74) is 1.98. The topological polar surface area (TPSA) is 60.9 Å². The van der Waals surface area contributed by atoms with Crippen molar-refractivity contribution in [3.05, 3.63) is 41.6 Å². The minimum Gasteiger partial charge on any atom is -0.347 e. The number of nitrogens with zero attached hydrogens (tertiary/aromatic N) is 3. The Bertz CT molecular complexity index is 756. The number of fused-ring (bicyclic) bond motifs is 1. The molecule has 0 radical (unpaired) electrons. The molecular weight excluding hydrogens is 330 g/mol. The fourth-order valence-corrected chi connectivity index (χ4v) is 3.82. The monoisotopic (exact) mass is 355 g/mol. The van der Waals surface area contributed by atoms with Gasteiger partial charge in [0.05, 0.1) is 12.5 Å². The van der Waals surface area contributed by atoms with Gasteiger partial charge in [-0.3, -0.25) is 14.4 Å². The molecule has 3 amide bonds. The average Bonchev–Trinajstić information content (AvgIpc) is 3.10. The Morgan fingerprint density at radius 3 is 2.62 bits per heavy atom. The summed E-state index contributed by atoms with van der Waals surface area (Å²) in [5, 5.41) is 0. The molecule has 2 atom stereocenters. The molecule has 0 saturated carbocycles. The summed E-state index contributed by atoms with van der Waals surface area (Å²) in [6.45, 7) is 2.09. The van der Waals surface area contributed by atoms with Crippen molar-refractivity contribution in [1.82, 2.24) is 14.7 Å². The van der Waals surface area contributed by atoms with E-state index in [4.69, 9.17) is 0 Å². The van der Waals surface area contributed by atoms with E-state index in [-0.39, 0.29) is 30.2 Å². The van der Waals surface area contributed by atoms with E-state index in [1.807, 2.05) is 30.3 Å². The van der Waals surface area contributed by atoms with Crippen molar-refractivity contribution < 1.29 is 14.4 Å². The highest BCUT2D eigenvalue weighted by Gasteiger charge is 2.37. The highest BCUT2D eigenvalue weighted by atomic mass is 16.2. The second-order valence-corrected chi connectivity index (χ2v) is 7.07. The molecule has 3 rings (SSSR count). The number of hydrogen-bond acceptors (Lipinski definition) is 3. The largest absolute Gasteiger partial charge is 0.347 e. The second-order valence-electron chi connectivity index (χ2n) is 7.07. The van der Waals surface area contributed by atoms with Crippen LogP contribution in [-0.4, -0.2) is 59.1 Å². The van der Waals surface area contributed by atoms with E-state index >= 15 is 0 Å². The normalized spacial score (nSPS) is 21.5. The van der Waals surface area contributed by atoms with Gasteiger partial charge in [0.15, 0.2) is 0 Å². The van der Waals surface area contributed by atoms with E-state index in [2.05, 4.69) is 0 Å². The molecule has 26 heavy (non-hydrogen) atoms. The van der Waals surface area contributed by atoms with E-state index in [0.29, 0.717) is 13.0 Å². The van der Waals surface area contributed by atoms with Crippen LogP contribution in [0.3, 0.4) is 0 Å². The van der Waals surface area contributed by atoms with Gasteiger partial charge in [0.1, 0.15) is 6.04 Å². The van der Waals surface area contributed by atoms with Crippen molar-refractivity contribution in [2.75, 3.05) is 20.6 Å². The number of rotatable bonds is 3. The molecule has 1 aromatic rings. The van der Waals surface area contributed by atoms with Gasteiger partial charge in [-0.2, -0.15) is 0 Å². The van der Waals surface area contributed by atoms with Crippen LogP contribution in [0.2, 0.25) is 0 Å². The molecule has 0 N–H and O–H groups in total. The van der Waals surface area contributed by atoms with Crippen molar-refractivity contribution in [3.8, 4) is 0 Å². The Hall–Kier alpha value is -2.63. The number of likely N-dealkylation sites (tertiary alicyclic amines) is 1. The van der Waals surface area contributed by atoms with Crippen LogP contribution in [-0.2, 0) is 14.4 Å². The third kappa shape index (κ3) is 3.36. The second kappa shape index (κ2) is 7.32. The van der Waals surface area contributed by atoms with Gasteiger partial charge in [0.25, 0.3) is 0 Å². The Balaban J connectivity index is 1.83. The molecule has 0 aromatic heterocycles. The fourth-order valence-electron chi connectivity index (χ4n) is 3.82. The van der Waals surface area contributed by atoms with Crippen molar-refractivity contribution in [1.29, 1.82) is 0 Å². The van der Waals surface area contributed by atoms with Crippen molar-refractivity contribution >= 4 is 23.8 Å². The maximum atomic E-state index is 13.0. The highest BCUT2D eigenvalue weighted by molar-refractivity contribution is 5.89. The van der Waals surface area contributed by atoms with Gasteiger partial charge in [0.2, 0.25) is 17.7 Å². The molecule has 1 fully saturated rings. The van der Waals surface area contributed by atoms with Crippen LogP contribution in [0.4, 0.5) is 0 Å². The first-order chi connectivity index (χ1) is 12.4. The van der Waals surface area contributed by atoms with Gasteiger partial charge in [-0.05, 0) is 30.0 Å². The summed E-state index contributed by atoms with van der Waals surface area (Å²) >= 11 is 0.